The highest BCUT2D eigenvalue weighted by Gasteiger charge is 2.12. The van der Waals surface area contributed by atoms with E-state index in [4.69, 9.17) is 11.2 Å². The minimum absolute atomic E-state index is 0.260. The van der Waals surface area contributed by atoms with E-state index in [1.807, 2.05) is 18.2 Å². The van der Waals surface area contributed by atoms with Gasteiger partial charge in [-0.25, -0.2) is 4.39 Å². The summed E-state index contributed by atoms with van der Waals surface area (Å²) in [6.07, 6.45) is 5.45. The average Bonchev–Trinajstić information content (AvgIpc) is 2.93. The van der Waals surface area contributed by atoms with Crippen LogP contribution >= 0.6 is 11.3 Å². The van der Waals surface area contributed by atoms with E-state index in [2.05, 4.69) is 10.9 Å². The van der Waals surface area contributed by atoms with Crippen molar-refractivity contribution in [3.8, 4) is 18.1 Å². The van der Waals surface area contributed by atoms with Crippen molar-refractivity contribution in [2.24, 2.45) is 4.99 Å². The lowest BCUT2D eigenvalue weighted by molar-refractivity contribution is 0.0998. The second-order valence-corrected chi connectivity index (χ2v) is 5.91. The largest absolute Gasteiger partial charge is 0.495 e. The second kappa shape index (κ2) is 6.69. The molecule has 2 aromatic carbocycles. The first-order valence-electron chi connectivity index (χ1n) is 7.08. The number of halogens is 1. The van der Waals surface area contributed by atoms with Gasteiger partial charge in [-0.1, -0.05) is 23.3 Å². The Morgan fingerprint density at radius 2 is 2.08 bits per heavy atom. The summed E-state index contributed by atoms with van der Waals surface area (Å²) < 4.78 is 21.0. The summed E-state index contributed by atoms with van der Waals surface area (Å²) in [5, 5.41) is 0. The highest BCUT2D eigenvalue weighted by Crippen LogP contribution is 2.27. The maximum Gasteiger partial charge on any atom is 0.279 e. The Morgan fingerprint density at radius 1 is 1.33 bits per heavy atom. The van der Waals surface area contributed by atoms with Crippen molar-refractivity contribution in [2.45, 2.75) is 6.54 Å². The van der Waals surface area contributed by atoms with E-state index in [-0.39, 0.29) is 6.54 Å². The first-order chi connectivity index (χ1) is 11.6. The van der Waals surface area contributed by atoms with Crippen LogP contribution in [0.1, 0.15) is 10.4 Å². The molecule has 0 unspecified atom stereocenters. The zero-order valence-corrected chi connectivity index (χ0v) is 13.6. The van der Waals surface area contributed by atoms with Gasteiger partial charge in [0, 0.05) is 5.56 Å². The van der Waals surface area contributed by atoms with Crippen molar-refractivity contribution in [2.75, 3.05) is 7.11 Å². The van der Waals surface area contributed by atoms with Gasteiger partial charge in [0.25, 0.3) is 5.91 Å². The smallest absolute Gasteiger partial charge is 0.279 e. The van der Waals surface area contributed by atoms with Crippen LogP contribution in [0.25, 0.3) is 10.2 Å². The van der Waals surface area contributed by atoms with Crippen LogP contribution in [-0.4, -0.2) is 17.6 Å². The molecule has 3 rings (SSSR count). The molecule has 0 fully saturated rings. The molecular formula is C18H13FN2O2S. The van der Waals surface area contributed by atoms with E-state index in [0.717, 1.165) is 10.2 Å². The van der Waals surface area contributed by atoms with Gasteiger partial charge in [0.1, 0.15) is 17.1 Å². The lowest BCUT2D eigenvalue weighted by Crippen LogP contribution is -2.16. The summed E-state index contributed by atoms with van der Waals surface area (Å²) in [6, 6.07) is 10.9. The third kappa shape index (κ3) is 2.94. The van der Waals surface area contributed by atoms with E-state index in [9.17, 15) is 9.18 Å². The number of terminal acetylenes is 1. The normalized spacial score (nSPS) is 11.5. The lowest BCUT2D eigenvalue weighted by atomic mass is 10.2. The van der Waals surface area contributed by atoms with Gasteiger partial charge in [-0.2, -0.15) is 4.99 Å². The number of thiazole rings is 1. The third-order valence-corrected chi connectivity index (χ3v) is 4.47. The van der Waals surface area contributed by atoms with Crippen LogP contribution in [-0.2, 0) is 6.54 Å². The Morgan fingerprint density at radius 3 is 2.75 bits per heavy atom. The molecule has 0 radical (unpaired) electrons. The number of benzene rings is 2. The fourth-order valence-electron chi connectivity index (χ4n) is 2.33. The first kappa shape index (κ1) is 16.0. The molecule has 6 heteroatoms. The standard InChI is InChI=1S/C18H13FN2O2S/c1-3-11-21-16-14(23-2)5-4-6-15(16)24-18(21)20-17(22)12-7-9-13(19)10-8-12/h1,4-10H,11H2,2H3. The van der Waals surface area contributed by atoms with Crippen LogP contribution in [0, 0.1) is 18.2 Å². The van der Waals surface area contributed by atoms with Crippen LogP contribution in [0.4, 0.5) is 4.39 Å². The van der Waals surface area contributed by atoms with Crippen molar-refractivity contribution < 1.29 is 13.9 Å². The molecule has 1 heterocycles. The summed E-state index contributed by atoms with van der Waals surface area (Å²) in [6.45, 7) is 0.260. The fourth-order valence-corrected chi connectivity index (χ4v) is 3.37. The molecule has 0 saturated heterocycles. The Kier molecular flexibility index (Phi) is 4.45. The van der Waals surface area contributed by atoms with Crippen molar-refractivity contribution >= 4 is 27.5 Å². The lowest BCUT2D eigenvalue weighted by Gasteiger charge is -2.05. The molecule has 4 nitrogen and oxygen atoms in total. The molecule has 0 aliphatic heterocycles. The Labute approximate surface area is 141 Å². The van der Waals surface area contributed by atoms with E-state index in [1.54, 1.807) is 11.7 Å². The number of para-hydroxylation sites is 1. The topological polar surface area (TPSA) is 43.6 Å². The summed E-state index contributed by atoms with van der Waals surface area (Å²) in [4.78, 5) is 17.0. The second-order valence-electron chi connectivity index (χ2n) is 4.91. The highest BCUT2D eigenvalue weighted by molar-refractivity contribution is 7.16. The number of ether oxygens (including phenoxy) is 1. The zero-order valence-electron chi connectivity index (χ0n) is 12.8. The average molecular weight is 340 g/mol. The summed E-state index contributed by atoms with van der Waals surface area (Å²) in [7, 11) is 1.58. The Balaban J connectivity index is 2.18. The molecule has 0 aliphatic carbocycles. The van der Waals surface area contributed by atoms with Crippen LogP contribution in [0.2, 0.25) is 0 Å². The SMILES string of the molecule is C#CCn1c(=NC(=O)c2ccc(F)cc2)sc2cccc(OC)c21. The number of carbonyl (C=O) groups is 1. The molecule has 0 aliphatic rings. The summed E-state index contributed by atoms with van der Waals surface area (Å²) in [5.74, 6) is 2.37. The predicted octanol–water partition coefficient (Wildman–Crippen LogP) is 3.22. The van der Waals surface area contributed by atoms with E-state index >= 15 is 0 Å². The van der Waals surface area contributed by atoms with Gasteiger partial charge in [0.05, 0.1) is 18.4 Å². The minimum atomic E-state index is -0.453. The quantitative estimate of drug-likeness (QED) is 0.687. The van der Waals surface area contributed by atoms with E-state index in [0.29, 0.717) is 16.1 Å². The van der Waals surface area contributed by atoms with Gasteiger partial charge in [-0.05, 0) is 36.4 Å². The molecule has 0 spiro atoms. The van der Waals surface area contributed by atoms with Crippen molar-refractivity contribution in [1.29, 1.82) is 0 Å². The van der Waals surface area contributed by atoms with Gasteiger partial charge in [-0.3, -0.25) is 4.79 Å². The number of methoxy groups -OCH3 is 1. The summed E-state index contributed by atoms with van der Waals surface area (Å²) in [5.41, 5.74) is 1.11. The number of amides is 1. The molecule has 120 valence electrons. The number of carbonyl (C=O) groups excluding carboxylic acids is 1. The molecule has 24 heavy (non-hydrogen) atoms. The number of hydrogen-bond donors (Lipinski definition) is 0. The molecule has 3 aromatic rings. The number of hydrogen-bond acceptors (Lipinski definition) is 3. The van der Waals surface area contributed by atoms with Crippen LogP contribution in [0.5, 0.6) is 5.75 Å². The van der Waals surface area contributed by atoms with Crippen LogP contribution in [0.15, 0.2) is 47.5 Å². The first-order valence-corrected chi connectivity index (χ1v) is 7.90. The molecule has 1 aromatic heterocycles. The Bertz CT molecular complexity index is 1010. The minimum Gasteiger partial charge on any atom is -0.495 e. The summed E-state index contributed by atoms with van der Waals surface area (Å²) >= 11 is 1.35. The number of fused-ring (bicyclic) bond motifs is 1. The number of rotatable bonds is 3. The monoisotopic (exact) mass is 340 g/mol. The van der Waals surface area contributed by atoms with Gasteiger partial charge < -0.3 is 9.30 Å². The highest BCUT2D eigenvalue weighted by atomic mass is 32.1. The third-order valence-electron chi connectivity index (χ3n) is 3.42. The molecule has 0 atom stereocenters. The Hall–Kier alpha value is -2.91. The van der Waals surface area contributed by atoms with Crippen LogP contribution < -0.4 is 9.54 Å². The molecule has 0 N–H and O–H groups in total. The number of nitrogens with zero attached hydrogens (tertiary/aromatic N) is 2. The van der Waals surface area contributed by atoms with Gasteiger partial charge >= 0.3 is 0 Å². The van der Waals surface area contributed by atoms with Gasteiger partial charge in [0.2, 0.25) is 0 Å². The van der Waals surface area contributed by atoms with E-state index < -0.39 is 11.7 Å². The van der Waals surface area contributed by atoms with Crippen molar-refractivity contribution in [1.82, 2.24) is 4.57 Å². The van der Waals surface area contributed by atoms with Crippen molar-refractivity contribution in [3.05, 3.63) is 58.6 Å². The zero-order chi connectivity index (χ0) is 17.1. The molecular weight excluding hydrogens is 327 g/mol. The van der Waals surface area contributed by atoms with E-state index in [1.165, 1.54) is 35.6 Å². The van der Waals surface area contributed by atoms with Crippen LogP contribution in [0.3, 0.4) is 0 Å². The predicted molar refractivity (Wildman–Crippen MR) is 91.5 cm³/mol. The van der Waals surface area contributed by atoms with Gasteiger partial charge in [-0.15, -0.1) is 6.42 Å². The van der Waals surface area contributed by atoms with Gasteiger partial charge in [0.15, 0.2) is 4.80 Å². The number of aromatic nitrogens is 1. The molecule has 1 amide bonds. The molecule has 0 saturated carbocycles. The van der Waals surface area contributed by atoms with Crippen molar-refractivity contribution in [3.63, 3.8) is 0 Å². The fraction of sp³-hybridized carbons (Fsp3) is 0.111. The maximum atomic E-state index is 13.0. The molecule has 0 bridgehead atoms. The maximum absolute atomic E-state index is 13.0.